The van der Waals surface area contributed by atoms with E-state index in [-0.39, 0.29) is 10.5 Å². The van der Waals surface area contributed by atoms with E-state index in [4.69, 9.17) is 4.74 Å². The van der Waals surface area contributed by atoms with Crippen molar-refractivity contribution in [2.24, 2.45) is 0 Å². The van der Waals surface area contributed by atoms with Crippen LogP contribution in [0, 0.1) is 5.82 Å². The Hall–Kier alpha value is -2.72. The molecule has 2 heterocycles. The summed E-state index contributed by atoms with van der Waals surface area (Å²) in [6.45, 7) is 5.29. The van der Waals surface area contributed by atoms with Crippen molar-refractivity contribution in [3.05, 3.63) is 72.2 Å². The fraction of sp³-hybridized carbons (Fsp3) is 0.333. The van der Waals surface area contributed by atoms with Gasteiger partial charge in [0, 0.05) is 50.2 Å². The largest absolute Gasteiger partial charge is 0.384 e. The van der Waals surface area contributed by atoms with Crippen molar-refractivity contribution < 1.29 is 17.5 Å². The second kappa shape index (κ2) is 10.5. The van der Waals surface area contributed by atoms with Crippen LogP contribution >= 0.6 is 0 Å². The van der Waals surface area contributed by atoms with E-state index in [0.717, 1.165) is 44.1 Å². The van der Waals surface area contributed by atoms with Crippen LogP contribution in [0.15, 0.2) is 65.7 Å². The lowest BCUT2D eigenvalue weighted by atomic mass is 10.1. The zero-order chi connectivity index (χ0) is 23.3. The molecule has 176 valence electrons. The standard InChI is InChI=1S/C24H29FN4O3S/c1-26-17-19-15-24(22-7-2-3-8-23(22)25)29(18-19)33(30,31)21-6-4-5-20(16-21)27-9-10-28-11-13-32-14-12-28/h2-8,15-16,18,26-27H,9-14,17H2,1H3. The summed E-state index contributed by atoms with van der Waals surface area (Å²) in [5.74, 6) is -0.471. The van der Waals surface area contributed by atoms with Crippen molar-refractivity contribution in [2.75, 3.05) is 51.8 Å². The van der Waals surface area contributed by atoms with Gasteiger partial charge in [-0.1, -0.05) is 18.2 Å². The van der Waals surface area contributed by atoms with Gasteiger partial charge in [0.25, 0.3) is 10.0 Å². The first-order valence-corrected chi connectivity index (χ1v) is 12.4. The molecule has 0 aliphatic carbocycles. The van der Waals surface area contributed by atoms with Gasteiger partial charge in [0.05, 0.1) is 23.8 Å². The molecule has 3 aromatic rings. The van der Waals surface area contributed by atoms with Gasteiger partial charge in [0.2, 0.25) is 0 Å². The average molecular weight is 473 g/mol. The fourth-order valence-corrected chi connectivity index (χ4v) is 5.36. The summed E-state index contributed by atoms with van der Waals surface area (Å²) in [7, 11) is -2.17. The van der Waals surface area contributed by atoms with Crippen LogP contribution in [0.5, 0.6) is 0 Å². The first kappa shape index (κ1) is 23.4. The van der Waals surface area contributed by atoms with Crippen LogP contribution in [0.4, 0.5) is 10.1 Å². The molecule has 0 amide bonds. The molecule has 0 unspecified atom stereocenters. The minimum absolute atomic E-state index is 0.142. The summed E-state index contributed by atoms with van der Waals surface area (Å²) in [5.41, 5.74) is 2.01. The highest BCUT2D eigenvalue weighted by atomic mass is 32.2. The number of nitrogens with one attached hydrogen (secondary N) is 2. The highest BCUT2D eigenvalue weighted by Gasteiger charge is 2.23. The van der Waals surface area contributed by atoms with Gasteiger partial charge in [-0.15, -0.1) is 0 Å². The highest BCUT2D eigenvalue weighted by molar-refractivity contribution is 7.90. The van der Waals surface area contributed by atoms with Crippen LogP contribution in [0.3, 0.4) is 0 Å². The lowest BCUT2D eigenvalue weighted by Crippen LogP contribution is -2.39. The Bertz CT molecular complexity index is 1190. The molecular weight excluding hydrogens is 443 g/mol. The van der Waals surface area contributed by atoms with Crippen LogP contribution in [-0.2, 0) is 21.3 Å². The predicted octanol–water partition coefficient (Wildman–Crippen LogP) is 2.99. The molecule has 4 rings (SSSR count). The average Bonchev–Trinajstić information content (AvgIpc) is 3.25. The van der Waals surface area contributed by atoms with Gasteiger partial charge in [-0.05, 0) is 49.0 Å². The number of morpholine rings is 1. The topological polar surface area (TPSA) is 75.6 Å². The third-order valence-corrected chi connectivity index (χ3v) is 7.29. The van der Waals surface area contributed by atoms with E-state index in [1.165, 1.54) is 10.0 Å². The number of ether oxygens (including phenoxy) is 1. The Morgan fingerprint density at radius 3 is 2.61 bits per heavy atom. The second-order valence-corrected chi connectivity index (χ2v) is 9.77. The Balaban J connectivity index is 1.60. The van der Waals surface area contributed by atoms with Crippen molar-refractivity contribution >= 4 is 15.7 Å². The van der Waals surface area contributed by atoms with Crippen LogP contribution in [0.2, 0.25) is 0 Å². The van der Waals surface area contributed by atoms with Crippen molar-refractivity contribution in [1.29, 1.82) is 0 Å². The number of aromatic nitrogens is 1. The smallest absolute Gasteiger partial charge is 0.268 e. The summed E-state index contributed by atoms with van der Waals surface area (Å²) in [4.78, 5) is 2.45. The van der Waals surface area contributed by atoms with Gasteiger partial charge in [-0.25, -0.2) is 16.8 Å². The van der Waals surface area contributed by atoms with Crippen LogP contribution in [-0.4, -0.2) is 63.7 Å². The quantitative estimate of drug-likeness (QED) is 0.499. The van der Waals surface area contributed by atoms with Crippen LogP contribution in [0.25, 0.3) is 11.3 Å². The normalized spacial score (nSPS) is 15.0. The SMILES string of the molecule is CNCc1cc(-c2ccccc2F)n(S(=O)(=O)c2cccc(NCCN3CCOCC3)c2)c1. The maximum absolute atomic E-state index is 14.6. The van der Waals surface area contributed by atoms with E-state index in [2.05, 4.69) is 15.5 Å². The lowest BCUT2D eigenvalue weighted by molar-refractivity contribution is 0.0398. The third-order valence-electron chi connectivity index (χ3n) is 5.63. The Morgan fingerprint density at radius 2 is 1.85 bits per heavy atom. The minimum atomic E-state index is -3.94. The van der Waals surface area contributed by atoms with Gasteiger partial charge in [0.15, 0.2) is 0 Å². The zero-order valence-electron chi connectivity index (χ0n) is 18.6. The first-order chi connectivity index (χ1) is 16.0. The van der Waals surface area contributed by atoms with E-state index in [1.807, 2.05) is 6.07 Å². The molecule has 1 fully saturated rings. The maximum Gasteiger partial charge on any atom is 0.268 e. The molecule has 1 aliphatic heterocycles. The molecule has 2 N–H and O–H groups in total. The molecule has 1 aromatic heterocycles. The van der Waals surface area contributed by atoms with Crippen molar-refractivity contribution in [1.82, 2.24) is 14.2 Å². The maximum atomic E-state index is 14.6. The van der Waals surface area contributed by atoms with Gasteiger partial charge in [-0.3, -0.25) is 4.90 Å². The van der Waals surface area contributed by atoms with E-state index in [1.54, 1.807) is 55.7 Å². The number of hydrogen-bond acceptors (Lipinski definition) is 6. The van der Waals surface area contributed by atoms with Gasteiger partial charge < -0.3 is 15.4 Å². The summed E-state index contributed by atoms with van der Waals surface area (Å²) < 4.78 is 48.3. The van der Waals surface area contributed by atoms with Gasteiger partial charge in [-0.2, -0.15) is 0 Å². The van der Waals surface area contributed by atoms with Crippen molar-refractivity contribution in [3.8, 4) is 11.3 Å². The predicted molar refractivity (Wildman–Crippen MR) is 127 cm³/mol. The Morgan fingerprint density at radius 1 is 1.06 bits per heavy atom. The summed E-state index contributed by atoms with van der Waals surface area (Å²) >= 11 is 0. The highest BCUT2D eigenvalue weighted by Crippen LogP contribution is 2.29. The van der Waals surface area contributed by atoms with Gasteiger partial charge >= 0.3 is 0 Å². The molecule has 9 heteroatoms. The summed E-state index contributed by atoms with van der Waals surface area (Å²) in [6.07, 6.45) is 1.55. The molecule has 1 aliphatic rings. The second-order valence-electron chi connectivity index (χ2n) is 7.95. The van der Waals surface area contributed by atoms with E-state index < -0.39 is 15.8 Å². The number of rotatable bonds is 9. The molecule has 0 bridgehead atoms. The number of hydrogen-bond donors (Lipinski definition) is 2. The number of benzene rings is 2. The molecule has 0 atom stereocenters. The number of anilines is 1. The molecule has 0 saturated carbocycles. The van der Waals surface area contributed by atoms with E-state index in [0.29, 0.717) is 18.8 Å². The zero-order valence-corrected chi connectivity index (χ0v) is 19.4. The summed E-state index contributed by atoms with van der Waals surface area (Å²) in [6, 6.07) is 14.6. The monoisotopic (exact) mass is 472 g/mol. The van der Waals surface area contributed by atoms with Crippen LogP contribution < -0.4 is 10.6 Å². The van der Waals surface area contributed by atoms with Crippen molar-refractivity contribution in [3.63, 3.8) is 0 Å². The molecule has 2 aromatic carbocycles. The molecule has 7 nitrogen and oxygen atoms in total. The summed E-state index contributed by atoms with van der Waals surface area (Å²) in [5, 5.41) is 6.33. The molecule has 33 heavy (non-hydrogen) atoms. The molecule has 0 radical (unpaired) electrons. The van der Waals surface area contributed by atoms with Gasteiger partial charge in [0.1, 0.15) is 5.82 Å². The Labute approximate surface area is 194 Å². The van der Waals surface area contributed by atoms with E-state index >= 15 is 0 Å². The fourth-order valence-electron chi connectivity index (χ4n) is 3.92. The number of nitrogens with zero attached hydrogens (tertiary/aromatic N) is 2. The van der Waals surface area contributed by atoms with Crippen LogP contribution in [0.1, 0.15) is 5.56 Å². The van der Waals surface area contributed by atoms with Crippen molar-refractivity contribution in [2.45, 2.75) is 11.4 Å². The first-order valence-electron chi connectivity index (χ1n) is 11.0. The minimum Gasteiger partial charge on any atom is -0.384 e. The van der Waals surface area contributed by atoms with E-state index in [9.17, 15) is 12.8 Å². The molecule has 0 spiro atoms. The molecule has 1 saturated heterocycles. The number of halogens is 1. The lowest BCUT2D eigenvalue weighted by Gasteiger charge is -2.26. The Kier molecular flexibility index (Phi) is 7.44. The molecular formula is C24H29FN4O3S. The third kappa shape index (κ3) is 5.44.